The zero-order valence-electron chi connectivity index (χ0n) is 9.84. The Hall–Kier alpha value is -1.61. The summed E-state index contributed by atoms with van der Waals surface area (Å²) in [7, 11) is 1.98. The van der Waals surface area contributed by atoms with E-state index in [1.807, 2.05) is 30.1 Å². The summed E-state index contributed by atoms with van der Waals surface area (Å²) in [6.45, 7) is 2.12. The normalized spacial score (nSPS) is 12.2. The maximum absolute atomic E-state index is 5.84. The molecule has 0 spiro atoms. The SMILES string of the molecule is CC(c1ccccc1)N(C)c1cncc(Cl)n1. The molecule has 0 bridgehead atoms. The summed E-state index contributed by atoms with van der Waals surface area (Å²) >= 11 is 5.84. The Morgan fingerprint density at radius 3 is 2.53 bits per heavy atom. The summed E-state index contributed by atoms with van der Waals surface area (Å²) in [5, 5.41) is 0.412. The molecule has 1 atom stereocenters. The third-order valence-corrected chi connectivity index (χ3v) is 3.00. The van der Waals surface area contributed by atoms with Crippen molar-refractivity contribution in [3.63, 3.8) is 0 Å². The van der Waals surface area contributed by atoms with E-state index in [0.717, 1.165) is 5.82 Å². The number of aromatic nitrogens is 2. The van der Waals surface area contributed by atoms with Crippen molar-refractivity contribution in [1.82, 2.24) is 9.97 Å². The van der Waals surface area contributed by atoms with E-state index in [1.54, 1.807) is 6.20 Å². The molecule has 1 aromatic heterocycles. The van der Waals surface area contributed by atoms with Crippen molar-refractivity contribution in [2.75, 3.05) is 11.9 Å². The molecule has 1 heterocycles. The van der Waals surface area contributed by atoms with Crippen molar-refractivity contribution in [3.8, 4) is 0 Å². The molecule has 0 amide bonds. The van der Waals surface area contributed by atoms with Crippen LogP contribution >= 0.6 is 11.6 Å². The largest absolute Gasteiger partial charge is 0.352 e. The molecule has 0 saturated carbocycles. The van der Waals surface area contributed by atoms with Crippen molar-refractivity contribution in [2.24, 2.45) is 0 Å². The van der Waals surface area contributed by atoms with E-state index in [1.165, 1.54) is 11.8 Å². The molecule has 1 unspecified atom stereocenters. The van der Waals surface area contributed by atoms with Crippen LogP contribution in [0, 0.1) is 0 Å². The third kappa shape index (κ3) is 2.74. The van der Waals surface area contributed by atoms with Crippen LogP contribution in [-0.2, 0) is 0 Å². The third-order valence-electron chi connectivity index (χ3n) is 2.82. The number of hydrogen-bond donors (Lipinski definition) is 0. The number of benzene rings is 1. The van der Waals surface area contributed by atoms with E-state index >= 15 is 0 Å². The highest BCUT2D eigenvalue weighted by Crippen LogP contribution is 2.23. The van der Waals surface area contributed by atoms with Crippen LogP contribution in [0.2, 0.25) is 5.15 Å². The molecule has 0 N–H and O–H groups in total. The van der Waals surface area contributed by atoms with Crippen LogP contribution in [0.4, 0.5) is 5.82 Å². The second kappa shape index (κ2) is 5.15. The van der Waals surface area contributed by atoms with Crippen LogP contribution < -0.4 is 4.90 Å². The molecule has 0 radical (unpaired) electrons. The van der Waals surface area contributed by atoms with Gasteiger partial charge in [0.2, 0.25) is 0 Å². The van der Waals surface area contributed by atoms with Gasteiger partial charge >= 0.3 is 0 Å². The smallest absolute Gasteiger partial charge is 0.149 e. The van der Waals surface area contributed by atoms with E-state index < -0.39 is 0 Å². The van der Waals surface area contributed by atoms with Gasteiger partial charge in [0.25, 0.3) is 0 Å². The van der Waals surface area contributed by atoms with Crippen molar-refractivity contribution < 1.29 is 0 Å². The highest BCUT2D eigenvalue weighted by atomic mass is 35.5. The van der Waals surface area contributed by atoms with Gasteiger partial charge in [-0.3, -0.25) is 4.98 Å². The number of anilines is 1. The number of nitrogens with zero attached hydrogens (tertiary/aromatic N) is 3. The fourth-order valence-corrected chi connectivity index (χ4v) is 1.80. The highest BCUT2D eigenvalue weighted by molar-refractivity contribution is 6.29. The lowest BCUT2D eigenvalue weighted by Gasteiger charge is -2.26. The maximum Gasteiger partial charge on any atom is 0.149 e. The molecule has 0 aliphatic rings. The lowest BCUT2D eigenvalue weighted by Crippen LogP contribution is -2.22. The van der Waals surface area contributed by atoms with E-state index in [0.29, 0.717) is 5.15 Å². The fraction of sp³-hybridized carbons (Fsp3) is 0.231. The van der Waals surface area contributed by atoms with Gasteiger partial charge in [-0.25, -0.2) is 4.98 Å². The Kier molecular flexibility index (Phi) is 3.59. The van der Waals surface area contributed by atoms with Crippen LogP contribution in [0.25, 0.3) is 0 Å². The highest BCUT2D eigenvalue weighted by Gasteiger charge is 2.13. The summed E-state index contributed by atoms with van der Waals surface area (Å²) in [6.07, 6.45) is 3.25. The predicted octanol–water partition coefficient (Wildman–Crippen LogP) is 3.33. The maximum atomic E-state index is 5.84. The molecular formula is C13H14ClN3. The van der Waals surface area contributed by atoms with Crippen molar-refractivity contribution in [3.05, 3.63) is 53.4 Å². The average Bonchev–Trinajstić information content (AvgIpc) is 2.38. The van der Waals surface area contributed by atoms with Crippen LogP contribution in [0.3, 0.4) is 0 Å². The molecular weight excluding hydrogens is 234 g/mol. The standard InChI is InChI=1S/C13H14ClN3/c1-10(11-6-4-3-5-7-11)17(2)13-9-15-8-12(14)16-13/h3-10H,1-2H3. The topological polar surface area (TPSA) is 29.0 Å². The Bertz CT molecular complexity index is 487. The Labute approximate surface area is 106 Å². The van der Waals surface area contributed by atoms with E-state index in [-0.39, 0.29) is 6.04 Å². The van der Waals surface area contributed by atoms with Crippen LogP contribution in [0.15, 0.2) is 42.7 Å². The first-order valence-electron chi connectivity index (χ1n) is 5.44. The first kappa shape index (κ1) is 11.9. The number of rotatable bonds is 3. The molecule has 88 valence electrons. The van der Waals surface area contributed by atoms with Gasteiger partial charge < -0.3 is 4.90 Å². The molecule has 3 nitrogen and oxygen atoms in total. The minimum Gasteiger partial charge on any atom is -0.352 e. The zero-order chi connectivity index (χ0) is 12.3. The van der Waals surface area contributed by atoms with Crippen LogP contribution in [-0.4, -0.2) is 17.0 Å². The van der Waals surface area contributed by atoms with Gasteiger partial charge in [0.05, 0.1) is 18.4 Å². The predicted molar refractivity (Wildman–Crippen MR) is 70.3 cm³/mol. The van der Waals surface area contributed by atoms with Gasteiger partial charge in [-0.1, -0.05) is 41.9 Å². The summed E-state index contributed by atoms with van der Waals surface area (Å²) in [6, 6.07) is 10.5. The van der Waals surface area contributed by atoms with E-state index in [9.17, 15) is 0 Å². The fourth-order valence-electron chi connectivity index (χ4n) is 1.66. The van der Waals surface area contributed by atoms with Gasteiger partial charge in [-0.05, 0) is 12.5 Å². The van der Waals surface area contributed by atoms with E-state index in [4.69, 9.17) is 11.6 Å². The summed E-state index contributed by atoms with van der Waals surface area (Å²) < 4.78 is 0. The average molecular weight is 248 g/mol. The molecule has 0 aliphatic carbocycles. The van der Waals surface area contributed by atoms with E-state index in [2.05, 4.69) is 29.0 Å². The lowest BCUT2D eigenvalue weighted by atomic mass is 10.1. The van der Waals surface area contributed by atoms with Gasteiger partial charge in [-0.2, -0.15) is 0 Å². The van der Waals surface area contributed by atoms with Gasteiger partial charge in [-0.15, -0.1) is 0 Å². The van der Waals surface area contributed by atoms with Gasteiger partial charge in [0, 0.05) is 7.05 Å². The molecule has 2 rings (SSSR count). The van der Waals surface area contributed by atoms with Crippen LogP contribution in [0.5, 0.6) is 0 Å². The molecule has 1 aromatic carbocycles. The minimum absolute atomic E-state index is 0.226. The second-order valence-corrected chi connectivity index (χ2v) is 4.28. The van der Waals surface area contributed by atoms with Crippen molar-refractivity contribution >= 4 is 17.4 Å². The molecule has 0 aliphatic heterocycles. The van der Waals surface area contributed by atoms with Crippen molar-refractivity contribution in [2.45, 2.75) is 13.0 Å². The Morgan fingerprint density at radius 1 is 1.18 bits per heavy atom. The Morgan fingerprint density at radius 2 is 1.88 bits per heavy atom. The quantitative estimate of drug-likeness (QED) is 0.833. The minimum atomic E-state index is 0.226. The number of halogens is 1. The Balaban J connectivity index is 2.23. The molecule has 0 saturated heterocycles. The summed E-state index contributed by atoms with van der Waals surface area (Å²) in [4.78, 5) is 10.3. The van der Waals surface area contributed by atoms with Gasteiger partial charge in [0.15, 0.2) is 0 Å². The monoisotopic (exact) mass is 247 g/mol. The molecule has 2 aromatic rings. The first-order valence-corrected chi connectivity index (χ1v) is 5.81. The summed E-state index contributed by atoms with van der Waals surface area (Å²) in [5.74, 6) is 0.772. The second-order valence-electron chi connectivity index (χ2n) is 3.90. The zero-order valence-corrected chi connectivity index (χ0v) is 10.6. The molecule has 4 heteroatoms. The van der Waals surface area contributed by atoms with Gasteiger partial charge in [0.1, 0.15) is 11.0 Å². The summed E-state index contributed by atoms with van der Waals surface area (Å²) in [5.41, 5.74) is 1.23. The van der Waals surface area contributed by atoms with Crippen LogP contribution in [0.1, 0.15) is 18.5 Å². The van der Waals surface area contributed by atoms with Crippen molar-refractivity contribution in [1.29, 1.82) is 0 Å². The molecule has 0 fully saturated rings. The lowest BCUT2D eigenvalue weighted by molar-refractivity contribution is 0.726. The molecule has 17 heavy (non-hydrogen) atoms. The number of hydrogen-bond acceptors (Lipinski definition) is 3. The first-order chi connectivity index (χ1) is 8.18.